The van der Waals surface area contributed by atoms with Gasteiger partial charge in [-0.25, -0.2) is 0 Å². The molecule has 0 aromatic heterocycles. The SMILES string of the molecule is CCC(=O)N(c1ccc(C)cc1)c1ccccc1C(C)(C)C. The van der Waals surface area contributed by atoms with Crippen molar-refractivity contribution in [1.82, 2.24) is 0 Å². The number of carbonyl (C=O) groups excluding carboxylic acids is 1. The Kier molecular flexibility index (Phi) is 4.70. The van der Waals surface area contributed by atoms with E-state index in [1.807, 2.05) is 54.3 Å². The van der Waals surface area contributed by atoms with Gasteiger partial charge in [-0.1, -0.05) is 63.6 Å². The lowest BCUT2D eigenvalue weighted by Crippen LogP contribution is -2.28. The van der Waals surface area contributed by atoms with E-state index in [0.29, 0.717) is 6.42 Å². The second kappa shape index (κ2) is 6.35. The summed E-state index contributed by atoms with van der Waals surface area (Å²) in [6.07, 6.45) is 0.479. The maximum Gasteiger partial charge on any atom is 0.231 e. The Balaban J connectivity index is 2.61. The normalized spacial score (nSPS) is 11.3. The Labute approximate surface area is 133 Å². The average molecular weight is 295 g/mol. The van der Waals surface area contributed by atoms with Crippen molar-refractivity contribution in [3.05, 3.63) is 59.7 Å². The highest BCUT2D eigenvalue weighted by Crippen LogP contribution is 2.36. The van der Waals surface area contributed by atoms with Gasteiger partial charge in [-0.15, -0.1) is 0 Å². The van der Waals surface area contributed by atoms with E-state index in [1.54, 1.807) is 0 Å². The topological polar surface area (TPSA) is 20.3 Å². The van der Waals surface area contributed by atoms with Gasteiger partial charge in [0.25, 0.3) is 0 Å². The van der Waals surface area contributed by atoms with Gasteiger partial charge in [0.05, 0.1) is 5.69 Å². The second-order valence-corrected chi connectivity index (χ2v) is 6.69. The molecule has 0 saturated carbocycles. The van der Waals surface area contributed by atoms with E-state index in [1.165, 1.54) is 11.1 Å². The Morgan fingerprint density at radius 1 is 1.00 bits per heavy atom. The molecule has 0 unspecified atom stereocenters. The van der Waals surface area contributed by atoms with Gasteiger partial charge >= 0.3 is 0 Å². The van der Waals surface area contributed by atoms with Crippen LogP contribution >= 0.6 is 0 Å². The third kappa shape index (κ3) is 3.38. The molecule has 0 radical (unpaired) electrons. The molecule has 2 nitrogen and oxygen atoms in total. The third-order valence-corrected chi connectivity index (χ3v) is 3.80. The number of rotatable bonds is 3. The molecule has 0 N–H and O–H groups in total. The Morgan fingerprint density at radius 2 is 1.59 bits per heavy atom. The first-order chi connectivity index (χ1) is 10.3. The zero-order chi connectivity index (χ0) is 16.3. The number of anilines is 2. The van der Waals surface area contributed by atoms with E-state index < -0.39 is 0 Å². The molecule has 0 heterocycles. The molecule has 22 heavy (non-hydrogen) atoms. The van der Waals surface area contributed by atoms with Crippen molar-refractivity contribution < 1.29 is 4.79 Å². The fourth-order valence-corrected chi connectivity index (χ4v) is 2.57. The molecule has 2 aromatic carbocycles. The van der Waals surface area contributed by atoms with Gasteiger partial charge in [0, 0.05) is 12.1 Å². The monoisotopic (exact) mass is 295 g/mol. The molecule has 0 saturated heterocycles. The van der Waals surface area contributed by atoms with Crippen LogP contribution in [0.2, 0.25) is 0 Å². The Morgan fingerprint density at radius 3 is 2.14 bits per heavy atom. The van der Waals surface area contributed by atoms with E-state index in [2.05, 4.69) is 33.8 Å². The molecule has 1 amide bonds. The molecule has 116 valence electrons. The Hall–Kier alpha value is -2.09. The van der Waals surface area contributed by atoms with Gasteiger partial charge in [0.1, 0.15) is 0 Å². The number of hydrogen-bond acceptors (Lipinski definition) is 1. The fourth-order valence-electron chi connectivity index (χ4n) is 2.57. The first-order valence-electron chi connectivity index (χ1n) is 7.83. The maximum absolute atomic E-state index is 12.6. The number of benzene rings is 2. The summed E-state index contributed by atoms with van der Waals surface area (Å²) < 4.78 is 0. The van der Waals surface area contributed by atoms with E-state index in [9.17, 15) is 4.79 Å². The molecular formula is C20H25NO. The van der Waals surface area contributed by atoms with Gasteiger partial charge in [-0.3, -0.25) is 9.69 Å². The molecule has 0 bridgehead atoms. The molecule has 2 heteroatoms. The molecule has 0 aliphatic carbocycles. The van der Waals surface area contributed by atoms with E-state index >= 15 is 0 Å². The van der Waals surface area contributed by atoms with Crippen LogP contribution in [0.4, 0.5) is 11.4 Å². The number of hydrogen-bond donors (Lipinski definition) is 0. The number of nitrogens with zero attached hydrogens (tertiary/aromatic N) is 1. The standard InChI is InChI=1S/C20H25NO/c1-6-19(22)21(16-13-11-15(2)12-14-16)18-10-8-7-9-17(18)20(3,4)5/h7-14H,6H2,1-5H3. The van der Waals surface area contributed by atoms with Crippen LogP contribution in [0, 0.1) is 6.92 Å². The molecular weight excluding hydrogens is 270 g/mol. The molecule has 0 atom stereocenters. The summed E-state index contributed by atoms with van der Waals surface area (Å²) in [5, 5.41) is 0. The molecule has 0 spiro atoms. The van der Waals surface area contributed by atoms with Crippen molar-refractivity contribution in [1.29, 1.82) is 0 Å². The first kappa shape index (κ1) is 16.3. The van der Waals surface area contributed by atoms with Gasteiger partial charge in [-0.2, -0.15) is 0 Å². The summed E-state index contributed by atoms with van der Waals surface area (Å²) in [7, 11) is 0. The van der Waals surface area contributed by atoms with E-state index in [0.717, 1.165) is 11.4 Å². The van der Waals surface area contributed by atoms with Gasteiger partial charge in [-0.05, 0) is 36.1 Å². The summed E-state index contributed by atoms with van der Waals surface area (Å²) in [4.78, 5) is 14.5. The number of para-hydroxylation sites is 1. The molecule has 2 aromatic rings. The van der Waals surface area contributed by atoms with Crippen molar-refractivity contribution in [2.75, 3.05) is 4.90 Å². The molecule has 0 fully saturated rings. The van der Waals surface area contributed by atoms with Crippen molar-refractivity contribution >= 4 is 17.3 Å². The smallest absolute Gasteiger partial charge is 0.231 e. The largest absolute Gasteiger partial charge is 0.281 e. The highest BCUT2D eigenvalue weighted by atomic mass is 16.2. The first-order valence-corrected chi connectivity index (χ1v) is 7.83. The second-order valence-electron chi connectivity index (χ2n) is 6.69. The lowest BCUT2D eigenvalue weighted by molar-refractivity contribution is -0.117. The zero-order valence-corrected chi connectivity index (χ0v) is 14.2. The minimum absolute atomic E-state index is 0.0203. The highest BCUT2D eigenvalue weighted by Gasteiger charge is 2.24. The van der Waals surface area contributed by atoms with Crippen LogP contribution in [0.1, 0.15) is 45.2 Å². The summed E-state index contributed by atoms with van der Waals surface area (Å²) >= 11 is 0. The summed E-state index contributed by atoms with van der Waals surface area (Å²) in [5.74, 6) is 0.112. The van der Waals surface area contributed by atoms with Crippen LogP contribution in [0.25, 0.3) is 0 Å². The maximum atomic E-state index is 12.6. The van der Waals surface area contributed by atoms with E-state index in [-0.39, 0.29) is 11.3 Å². The van der Waals surface area contributed by atoms with Crippen LogP contribution in [0.5, 0.6) is 0 Å². The van der Waals surface area contributed by atoms with Gasteiger partial charge in [0.15, 0.2) is 0 Å². The molecule has 0 aliphatic rings. The minimum Gasteiger partial charge on any atom is -0.281 e. The quantitative estimate of drug-likeness (QED) is 0.745. The Bertz CT molecular complexity index is 650. The van der Waals surface area contributed by atoms with Gasteiger partial charge in [0.2, 0.25) is 5.91 Å². The lowest BCUT2D eigenvalue weighted by Gasteiger charge is -2.30. The third-order valence-electron chi connectivity index (χ3n) is 3.80. The van der Waals surface area contributed by atoms with Crippen molar-refractivity contribution in [2.45, 2.75) is 46.5 Å². The van der Waals surface area contributed by atoms with Crippen molar-refractivity contribution in [3.8, 4) is 0 Å². The van der Waals surface area contributed by atoms with E-state index in [4.69, 9.17) is 0 Å². The van der Waals surface area contributed by atoms with Crippen LogP contribution in [0.15, 0.2) is 48.5 Å². The van der Waals surface area contributed by atoms with Crippen molar-refractivity contribution in [3.63, 3.8) is 0 Å². The van der Waals surface area contributed by atoms with Crippen molar-refractivity contribution in [2.24, 2.45) is 0 Å². The predicted molar refractivity (Wildman–Crippen MR) is 93.8 cm³/mol. The zero-order valence-electron chi connectivity index (χ0n) is 14.2. The number of amides is 1. The fraction of sp³-hybridized carbons (Fsp3) is 0.350. The van der Waals surface area contributed by atoms with Crippen LogP contribution < -0.4 is 4.90 Å². The lowest BCUT2D eigenvalue weighted by atomic mass is 9.85. The molecule has 2 rings (SSSR count). The predicted octanol–water partition coefficient (Wildman–Crippen LogP) is 5.37. The molecule has 0 aliphatic heterocycles. The number of carbonyl (C=O) groups is 1. The van der Waals surface area contributed by atoms with Gasteiger partial charge < -0.3 is 0 Å². The average Bonchev–Trinajstić information content (AvgIpc) is 2.48. The highest BCUT2D eigenvalue weighted by molar-refractivity contribution is 6.01. The van der Waals surface area contributed by atoms with Crippen LogP contribution in [-0.2, 0) is 10.2 Å². The van der Waals surface area contributed by atoms with Crippen LogP contribution in [-0.4, -0.2) is 5.91 Å². The summed E-state index contributed by atoms with van der Waals surface area (Å²) in [6, 6.07) is 16.3. The van der Waals surface area contributed by atoms with Crippen LogP contribution in [0.3, 0.4) is 0 Å². The number of aryl methyl sites for hydroxylation is 1. The summed E-state index contributed by atoms with van der Waals surface area (Å²) in [6.45, 7) is 10.5. The summed E-state index contributed by atoms with van der Waals surface area (Å²) in [5.41, 5.74) is 4.25. The minimum atomic E-state index is -0.0203.